The molecule has 0 aromatic heterocycles. The monoisotopic (exact) mass is 408 g/mol. The summed E-state index contributed by atoms with van der Waals surface area (Å²) in [6.45, 7) is 11.2. The second kappa shape index (κ2) is 12.8. The maximum absolute atomic E-state index is 11.5. The van der Waals surface area contributed by atoms with Crippen LogP contribution in [0.15, 0.2) is 24.3 Å². The van der Waals surface area contributed by atoms with Gasteiger partial charge in [0.2, 0.25) is 0 Å². The number of ketones is 1. The molecule has 0 aliphatic carbocycles. The number of benzene rings is 1. The first-order valence-electron chi connectivity index (χ1n) is 9.45. The predicted octanol–water partition coefficient (Wildman–Crippen LogP) is 3.67. The Kier molecular flexibility index (Phi) is 11.6. The van der Waals surface area contributed by atoms with E-state index in [4.69, 9.17) is 4.74 Å². The second-order valence-corrected chi connectivity index (χ2v) is 8.00. The number of nitro groups is 1. The molecule has 0 aliphatic rings. The van der Waals surface area contributed by atoms with Gasteiger partial charge in [0.1, 0.15) is 24.1 Å². The van der Waals surface area contributed by atoms with Crippen LogP contribution in [0.2, 0.25) is 0 Å². The highest BCUT2D eigenvalue weighted by Crippen LogP contribution is 2.13. The zero-order valence-corrected chi connectivity index (χ0v) is 18.1. The van der Waals surface area contributed by atoms with Gasteiger partial charge in [-0.15, -0.1) is 0 Å². The van der Waals surface area contributed by atoms with Gasteiger partial charge in [-0.25, -0.2) is 0 Å². The molecule has 29 heavy (non-hydrogen) atoms. The highest BCUT2D eigenvalue weighted by atomic mass is 16.6. The minimum atomic E-state index is -0.557. The van der Waals surface area contributed by atoms with E-state index in [2.05, 4.69) is 18.7 Å². The maximum Gasteiger partial charge on any atom is 0.313 e. The van der Waals surface area contributed by atoms with Crippen LogP contribution in [0.1, 0.15) is 57.8 Å². The van der Waals surface area contributed by atoms with E-state index in [0.29, 0.717) is 24.3 Å². The second-order valence-electron chi connectivity index (χ2n) is 8.00. The van der Waals surface area contributed by atoms with Gasteiger partial charge in [0.25, 0.3) is 5.69 Å². The molecule has 8 heteroatoms. The van der Waals surface area contributed by atoms with Crippen molar-refractivity contribution in [2.24, 2.45) is 5.92 Å². The number of rotatable bonds is 10. The number of aldehydes is 1. The van der Waals surface area contributed by atoms with Crippen LogP contribution in [0.4, 0.5) is 5.69 Å². The lowest BCUT2D eigenvalue weighted by Crippen LogP contribution is -2.41. The summed E-state index contributed by atoms with van der Waals surface area (Å²) in [7, 11) is 2.02. The van der Waals surface area contributed by atoms with Crippen LogP contribution >= 0.6 is 0 Å². The summed E-state index contributed by atoms with van der Waals surface area (Å²) in [5.74, 6) is 0.0598. The standard InChI is InChI=1S/C14H27NO3.C7H5NO3/c1-11(2)7-8-15(6)10-14(4,5)18-13(17)9-12(3)16;9-5-6-2-1-3-7(4-6)8(10)11/h11H,7-10H2,1-6H3;1-5H. The first kappa shape index (κ1) is 26.4. The minimum absolute atomic E-state index is 0.0606. The SMILES string of the molecule is CC(=O)CC(=O)OC(C)(C)CN(C)CCC(C)C.O=Cc1cccc([N+](=O)[O-])c1. The number of hydrogen-bond acceptors (Lipinski definition) is 7. The van der Waals surface area contributed by atoms with E-state index in [1.165, 1.54) is 31.2 Å². The molecule has 0 amide bonds. The number of carbonyl (C=O) groups is 3. The molecule has 8 nitrogen and oxygen atoms in total. The lowest BCUT2D eigenvalue weighted by molar-refractivity contribution is -0.384. The van der Waals surface area contributed by atoms with Crippen molar-refractivity contribution in [2.45, 2.75) is 53.1 Å². The van der Waals surface area contributed by atoms with E-state index < -0.39 is 16.5 Å². The normalized spacial score (nSPS) is 10.9. The number of likely N-dealkylation sites (N-methyl/N-ethyl adjacent to an activating group) is 1. The summed E-state index contributed by atoms with van der Waals surface area (Å²) < 4.78 is 5.32. The van der Waals surface area contributed by atoms with Crippen LogP contribution in [-0.2, 0) is 14.3 Å². The third kappa shape index (κ3) is 13.2. The molecular formula is C21H32N2O6. The predicted molar refractivity (Wildman–Crippen MR) is 111 cm³/mol. The summed E-state index contributed by atoms with van der Waals surface area (Å²) in [6, 6.07) is 5.56. The Labute approximate surface area is 172 Å². The first-order chi connectivity index (χ1) is 13.4. The molecule has 0 fully saturated rings. The third-order valence-electron chi connectivity index (χ3n) is 3.74. The van der Waals surface area contributed by atoms with Crippen molar-refractivity contribution in [1.29, 1.82) is 0 Å². The molecule has 0 saturated heterocycles. The first-order valence-corrected chi connectivity index (χ1v) is 9.45. The number of nitro benzene ring substituents is 1. The number of non-ortho nitro benzene ring substituents is 1. The van der Waals surface area contributed by atoms with Gasteiger partial charge in [0.15, 0.2) is 0 Å². The average Bonchev–Trinajstić information content (AvgIpc) is 2.58. The molecule has 1 aromatic carbocycles. The average molecular weight is 408 g/mol. The van der Waals surface area contributed by atoms with Gasteiger partial charge < -0.3 is 9.64 Å². The van der Waals surface area contributed by atoms with E-state index in [0.717, 1.165) is 13.0 Å². The van der Waals surface area contributed by atoms with Crippen LogP contribution in [0, 0.1) is 16.0 Å². The summed E-state index contributed by atoms with van der Waals surface area (Å²) >= 11 is 0. The molecular weight excluding hydrogens is 376 g/mol. The topological polar surface area (TPSA) is 107 Å². The number of Topliss-reactive ketones (excluding diaryl/α,β-unsaturated/α-hetero) is 1. The van der Waals surface area contributed by atoms with Crippen LogP contribution in [0.3, 0.4) is 0 Å². The number of hydrogen-bond donors (Lipinski definition) is 0. The number of esters is 1. The van der Waals surface area contributed by atoms with E-state index in [9.17, 15) is 24.5 Å². The fourth-order valence-electron chi connectivity index (χ4n) is 2.50. The van der Waals surface area contributed by atoms with Gasteiger partial charge in [-0.2, -0.15) is 0 Å². The number of carbonyl (C=O) groups excluding carboxylic acids is 3. The van der Waals surface area contributed by atoms with Gasteiger partial charge in [-0.3, -0.25) is 24.5 Å². The van der Waals surface area contributed by atoms with E-state index >= 15 is 0 Å². The van der Waals surface area contributed by atoms with Gasteiger partial charge in [0, 0.05) is 24.2 Å². The van der Waals surface area contributed by atoms with Crippen molar-refractivity contribution in [2.75, 3.05) is 20.1 Å². The molecule has 0 saturated carbocycles. The van der Waals surface area contributed by atoms with Crippen LogP contribution in [0.25, 0.3) is 0 Å². The van der Waals surface area contributed by atoms with Gasteiger partial charge in [0.05, 0.1) is 4.92 Å². The summed E-state index contributed by atoms with van der Waals surface area (Å²) in [5.41, 5.74) is -0.299. The summed E-state index contributed by atoms with van der Waals surface area (Å²) in [4.78, 5) is 44.2. The Balaban J connectivity index is 0.000000604. The van der Waals surface area contributed by atoms with Crippen LogP contribution < -0.4 is 0 Å². The van der Waals surface area contributed by atoms with Crippen molar-refractivity contribution < 1.29 is 24.0 Å². The van der Waals surface area contributed by atoms with E-state index in [1.807, 2.05) is 20.9 Å². The fourth-order valence-corrected chi connectivity index (χ4v) is 2.50. The molecule has 0 heterocycles. The van der Waals surface area contributed by atoms with Crippen molar-refractivity contribution >= 4 is 23.7 Å². The molecule has 0 unspecified atom stereocenters. The highest BCUT2D eigenvalue weighted by Gasteiger charge is 2.25. The smallest absolute Gasteiger partial charge is 0.313 e. The molecule has 0 N–H and O–H groups in total. The van der Waals surface area contributed by atoms with Crippen LogP contribution in [-0.4, -0.2) is 53.6 Å². The molecule has 0 bridgehead atoms. The maximum atomic E-state index is 11.5. The molecule has 0 spiro atoms. The minimum Gasteiger partial charge on any atom is -0.458 e. The Hall–Kier alpha value is -2.61. The Morgan fingerprint density at radius 2 is 1.93 bits per heavy atom. The molecule has 1 aromatic rings. The highest BCUT2D eigenvalue weighted by molar-refractivity contribution is 5.94. The Morgan fingerprint density at radius 1 is 1.31 bits per heavy atom. The van der Waals surface area contributed by atoms with E-state index in [-0.39, 0.29) is 17.9 Å². The Bertz CT molecular complexity index is 700. The number of ether oxygens (including phenoxy) is 1. The quantitative estimate of drug-likeness (QED) is 0.191. The fraction of sp³-hybridized carbons (Fsp3) is 0.571. The van der Waals surface area contributed by atoms with Crippen molar-refractivity contribution in [3.8, 4) is 0 Å². The van der Waals surface area contributed by atoms with Gasteiger partial charge in [-0.05, 0) is 46.7 Å². The van der Waals surface area contributed by atoms with Crippen molar-refractivity contribution in [3.63, 3.8) is 0 Å². The summed E-state index contributed by atoms with van der Waals surface area (Å²) in [6.07, 6.45) is 1.56. The molecule has 0 atom stereocenters. The van der Waals surface area contributed by atoms with Gasteiger partial charge >= 0.3 is 5.97 Å². The van der Waals surface area contributed by atoms with Gasteiger partial charge in [-0.1, -0.05) is 26.0 Å². The zero-order chi connectivity index (χ0) is 22.6. The van der Waals surface area contributed by atoms with Crippen LogP contribution in [0.5, 0.6) is 0 Å². The lowest BCUT2D eigenvalue weighted by atomic mass is 10.1. The van der Waals surface area contributed by atoms with E-state index in [1.54, 1.807) is 0 Å². The number of nitrogens with zero attached hydrogens (tertiary/aromatic N) is 2. The molecule has 1 rings (SSSR count). The Morgan fingerprint density at radius 3 is 2.41 bits per heavy atom. The summed E-state index contributed by atoms with van der Waals surface area (Å²) in [5, 5.41) is 10.2. The lowest BCUT2D eigenvalue weighted by Gasteiger charge is -2.30. The zero-order valence-electron chi connectivity index (χ0n) is 18.1. The molecule has 162 valence electrons. The molecule has 0 radical (unpaired) electrons. The third-order valence-corrected chi connectivity index (χ3v) is 3.74. The largest absolute Gasteiger partial charge is 0.458 e. The van der Waals surface area contributed by atoms with Crippen molar-refractivity contribution in [1.82, 2.24) is 4.90 Å². The van der Waals surface area contributed by atoms with Crippen molar-refractivity contribution in [3.05, 3.63) is 39.9 Å². The molecule has 0 aliphatic heterocycles.